The number of aliphatic carboxylic acids is 1. The Hall–Kier alpha value is -1.66. The van der Waals surface area contributed by atoms with Crippen LogP contribution in [-0.2, 0) is 4.79 Å². The second kappa shape index (κ2) is 5.03. The molecule has 0 fully saturated rings. The number of aromatic nitrogens is 1. The van der Waals surface area contributed by atoms with Gasteiger partial charge >= 0.3 is 5.97 Å². The fraction of sp³-hybridized carbons (Fsp3) is 0.286. The Bertz CT molecular complexity index is 790. The Morgan fingerprint density at radius 1 is 1.55 bits per heavy atom. The van der Waals surface area contributed by atoms with Gasteiger partial charge in [0.05, 0.1) is 19.9 Å². The molecule has 1 atom stereocenters. The van der Waals surface area contributed by atoms with Crippen molar-refractivity contribution in [2.24, 2.45) is 0 Å². The minimum atomic E-state index is -0.934. The number of carboxylic acids is 1. The van der Waals surface area contributed by atoms with Gasteiger partial charge in [-0.05, 0) is 24.8 Å². The predicted octanol–water partition coefficient (Wildman–Crippen LogP) is 4.06. The van der Waals surface area contributed by atoms with Crippen LogP contribution in [0.5, 0.6) is 5.75 Å². The van der Waals surface area contributed by atoms with E-state index in [2.05, 4.69) is 4.98 Å². The van der Waals surface area contributed by atoms with Gasteiger partial charge in [-0.1, -0.05) is 6.92 Å². The number of benzene rings is 1. The Balaban J connectivity index is 2.17. The molecule has 0 saturated carbocycles. The summed E-state index contributed by atoms with van der Waals surface area (Å²) in [6.07, 6.45) is -0.384. The van der Waals surface area contributed by atoms with Crippen molar-refractivity contribution in [3.8, 4) is 5.75 Å². The fourth-order valence-corrected chi connectivity index (χ4v) is 3.98. The molecule has 0 radical (unpaired) electrons. The van der Waals surface area contributed by atoms with E-state index in [0.717, 1.165) is 25.3 Å². The number of ether oxygens (including phenoxy) is 1. The zero-order valence-corrected chi connectivity index (χ0v) is 12.7. The average molecular weight is 307 g/mol. The molecule has 1 N–H and O–H groups in total. The minimum Gasteiger partial charge on any atom is -0.479 e. The number of thiazole rings is 1. The zero-order chi connectivity index (χ0) is 14.3. The van der Waals surface area contributed by atoms with Crippen LogP contribution in [-0.4, -0.2) is 22.2 Å². The van der Waals surface area contributed by atoms with Crippen molar-refractivity contribution in [1.29, 1.82) is 0 Å². The summed E-state index contributed by atoms with van der Waals surface area (Å²) in [4.78, 5) is 15.7. The number of rotatable bonds is 4. The molecule has 0 amide bonds. The highest BCUT2D eigenvalue weighted by molar-refractivity contribution is 7.21. The first kappa shape index (κ1) is 13.3. The molecular formula is C14H13NO3S2. The van der Waals surface area contributed by atoms with Crippen LogP contribution in [0.4, 0.5) is 0 Å². The first-order valence-corrected chi connectivity index (χ1v) is 7.96. The maximum Gasteiger partial charge on any atom is 0.344 e. The first-order chi connectivity index (χ1) is 9.60. The summed E-state index contributed by atoms with van der Waals surface area (Å²) >= 11 is 3.20. The normalized spacial score (nSPS) is 12.9. The lowest BCUT2D eigenvalue weighted by Crippen LogP contribution is -2.25. The molecule has 0 aliphatic carbocycles. The summed E-state index contributed by atoms with van der Waals surface area (Å²) in [5.41, 5.74) is 0.980. The SMILES string of the molecule is CCC(Oc1cc2sc(C)nc2c2sccc12)C(=O)O. The first-order valence-electron chi connectivity index (χ1n) is 6.27. The van der Waals surface area contributed by atoms with E-state index < -0.39 is 12.1 Å². The van der Waals surface area contributed by atoms with Crippen molar-refractivity contribution < 1.29 is 14.6 Å². The molecule has 3 rings (SSSR count). The molecule has 0 spiro atoms. The fourth-order valence-electron chi connectivity index (χ4n) is 2.15. The molecule has 0 aliphatic heterocycles. The van der Waals surface area contributed by atoms with Gasteiger partial charge in [0.25, 0.3) is 0 Å². The van der Waals surface area contributed by atoms with Crippen LogP contribution in [0.3, 0.4) is 0 Å². The predicted molar refractivity (Wildman–Crippen MR) is 82.1 cm³/mol. The van der Waals surface area contributed by atoms with Crippen molar-refractivity contribution in [3.05, 3.63) is 22.5 Å². The van der Waals surface area contributed by atoms with Gasteiger partial charge in [-0.25, -0.2) is 9.78 Å². The molecule has 3 aromatic rings. The third kappa shape index (κ3) is 2.14. The zero-order valence-electron chi connectivity index (χ0n) is 11.0. The Morgan fingerprint density at radius 3 is 3.05 bits per heavy atom. The number of hydrogen-bond acceptors (Lipinski definition) is 5. The van der Waals surface area contributed by atoms with Crippen LogP contribution in [0, 0.1) is 6.92 Å². The molecule has 4 nitrogen and oxygen atoms in total. The van der Waals surface area contributed by atoms with Gasteiger partial charge in [-0.15, -0.1) is 22.7 Å². The summed E-state index contributed by atoms with van der Waals surface area (Å²) in [5, 5.41) is 13.1. The molecule has 2 heterocycles. The third-order valence-electron chi connectivity index (χ3n) is 3.08. The van der Waals surface area contributed by atoms with Gasteiger partial charge in [-0.3, -0.25) is 0 Å². The molecule has 0 aliphatic rings. The molecule has 1 unspecified atom stereocenters. The largest absolute Gasteiger partial charge is 0.479 e. The van der Waals surface area contributed by atoms with E-state index >= 15 is 0 Å². The van der Waals surface area contributed by atoms with E-state index in [1.165, 1.54) is 0 Å². The van der Waals surface area contributed by atoms with E-state index in [4.69, 9.17) is 9.84 Å². The van der Waals surface area contributed by atoms with Gasteiger partial charge in [0.2, 0.25) is 0 Å². The quantitative estimate of drug-likeness (QED) is 0.789. The Kier molecular flexibility index (Phi) is 3.35. The van der Waals surface area contributed by atoms with Gasteiger partial charge in [0, 0.05) is 11.5 Å². The number of carboxylic acid groups (broad SMARTS) is 1. The minimum absolute atomic E-state index is 0.431. The van der Waals surface area contributed by atoms with Crippen molar-refractivity contribution in [3.63, 3.8) is 0 Å². The topological polar surface area (TPSA) is 59.4 Å². The second-order valence-electron chi connectivity index (χ2n) is 4.47. The van der Waals surface area contributed by atoms with E-state index in [1.54, 1.807) is 29.6 Å². The highest BCUT2D eigenvalue weighted by Gasteiger charge is 2.20. The monoisotopic (exact) mass is 307 g/mol. The highest BCUT2D eigenvalue weighted by atomic mass is 32.1. The lowest BCUT2D eigenvalue weighted by atomic mass is 10.2. The molecule has 20 heavy (non-hydrogen) atoms. The molecule has 6 heteroatoms. The molecular weight excluding hydrogens is 294 g/mol. The van der Waals surface area contributed by atoms with E-state index in [9.17, 15) is 4.79 Å². The maximum absolute atomic E-state index is 11.1. The lowest BCUT2D eigenvalue weighted by molar-refractivity contribution is -0.145. The van der Waals surface area contributed by atoms with Crippen LogP contribution in [0.25, 0.3) is 20.3 Å². The van der Waals surface area contributed by atoms with Crippen LogP contribution in [0.2, 0.25) is 0 Å². The van der Waals surface area contributed by atoms with E-state index in [1.807, 2.05) is 24.4 Å². The van der Waals surface area contributed by atoms with Crippen LogP contribution >= 0.6 is 22.7 Å². The highest BCUT2D eigenvalue weighted by Crippen LogP contribution is 2.39. The van der Waals surface area contributed by atoms with E-state index in [0.29, 0.717) is 12.2 Å². The summed E-state index contributed by atoms with van der Waals surface area (Å²) in [5.74, 6) is -0.303. The van der Waals surface area contributed by atoms with Crippen molar-refractivity contribution in [1.82, 2.24) is 4.98 Å². The summed E-state index contributed by atoms with van der Waals surface area (Å²) in [6.45, 7) is 3.77. The number of nitrogens with zero attached hydrogens (tertiary/aromatic N) is 1. The lowest BCUT2D eigenvalue weighted by Gasteiger charge is -2.14. The Labute approximate surface area is 123 Å². The maximum atomic E-state index is 11.1. The number of carbonyl (C=O) groups is 1. The number of thiophene rings is 1. The summed E-state index contributed by atoms with van der Waals surface area (Å²) in [6, 6.07) is 3.86. The molecule has 0 saturated heterocycles. The van der Waals surface area contributed by atoms with Crippen LogP contribution in [0.1, 0.15) is 18.4 Å². The van der Waals surface area contributed by atoms with E-state index in [-0.39, 0.29) is 0 Å². The van der Waals surface area contributed by atoms with Crippen LogP contribution < -0.4 is 4.74 Å². The summed E-state index contributed by atoms with van der Waals surface area (Å²) < 4.78 is 7.79. The van der Waals surface area contributed by atoms with Gasteiger partial charge in [0.1, 0.15) is 5.75 Å². The van der Waals surface area contributed by atoms with Crippen molar-refractivity contribution in [2.75, 3.05) is 0 Å². The Morgan fingerprint density at radius 2 is 2.35 bits per heavy atom. The average Bonchev–Trinajstić information content (AvgIpc) is 3.00. The number of fused-ring (bicyclic) bond motifs is 3. The van der Waals surface area contributed by atoms with Gasteiger partial charge in [0.15, 0.2) is 6.10 Å². The molecule has 1 aromatic carbocycles. The second-order valence-corrected chi connectivity index (χ2v) is 6.62. The third-order valence-corrected chi connectivity index (χ3v) is 4.92. The van der Waals surface area contributed by atoms with Gasteiger partial charge < -0.3 is 9.84 Å². The van der Waals surface area contributed by atoms with Gasteiger partial charge in [-0.2, -0.15) is 0 Å². The van der Waals surface area contributed by atoms with Crippen molar-refractivity contribution in [2.45, 2.75) is 26.4 Å². The molecule has 104 valence electrons. The van der Waals surface area contributed by atoms with Crippen LogP contribution in [0.15, 0.2) is 17.5 Å². The van der Waals surface area contributed by atoms with Crippen molar-refractivity contribution >= 4 is 48.9 Å². The molecule has 2 aromatic heterocycles. The number of hydrogen-bond donors (Lipinski definition) is 1. The number of aryl methyl sites for hydroxylation is 1. The standard InChI is InChI=1S/C14H13NO3S2/c1-3-9(14(16)17)18-10-6-11-12(15-7(2)20-11)13-8(10)4-5-19-13/h4-6,9H,3H2,1-2H3,(H,16,17). The summed E-state index contributed by atoms with van der Waals surface area (Å²) in [7, 11) is 0. The smallest absolute Gasteiger partial charge is 0.344 e. The molecule has 0 bridgehead atoms.